The topological polar surface area (TPSA) is 46.9 Å². The van der Waals surface area contributed by atoms with Gasteiger partial charge in [0.25, 0.3) is 5.91 Å². The third kappa shape index (κ3) is 3.38. The highest BCUT2D eigenvalue weighted by Gasteiger charge is 2.26. The maximum atomic E-state index is 12.2. The molecule has 1 fully saturated rings. The Hall–Kier alpha value is -0.840. The van der Waals surface area contributed by atoms with E-state index in [4.69, 9.17) is 0 Å². The number of carbonyl (C=O) groups excluding carboxylic acids is 1. The van der Waals surface area contributed by atoms with Crippen molar-refractivity contribution >= 4 is 21.8 Å². The number of amides is 1. The van der Waals surface area contributed by atoms with Gasteiger partial charge in [-0.1, -0.05) is 22.4 Å². The van der Waals surface area contributed by atoms with Gasteiger partial charge in [0.1, 0.15) is 5.69 Å². The van der Waals surface area contributed by atoms with Gasteiger partial charge in [0.05, 0.1) is 5.69 Å². The molecule has 1 N–H and O–H groups in total. The molecule has 0 radical (unpaired) electrons. The summed E-state index contributed by atoms with van der Waals surface area (Å²) in [5.74, 6) is 1.32. The van der Waals surface area contributed by atoms with Crippen molar-refractivity contribution in [2.24, 2.45) is 11.8 Å². The molecule has 0 spiro atoms. The number of hydrogen-bond donors (Lipinski definition) is 1. The molecule has 106 valence electrons. The molecule has 0 bridgehead atoms. The molecule has 19 heavy (non-hydrogen) atoms. The average Bonchev–Trinajstić information content (AvgIpc) is 3.01. The predicted octanol–water partition coefficient (Wildman–Crippen LogP) is 2.75. The number of hydrogen-bond acceptors (Lipinski definition) is 2. The van der Waals surface area contributed by atoms with Crippen LogP contribution >= 0.6 is 15.9 Å². The number of rotatable bonds is 5. The van der Waals surface area contributed by atoms with E-state index in [9.17, 15) is 4.79 Å². The SMILES string of the molecule is CCn1nc(C)cc1C(=O)NCC1CCCC1CBr. The van der Waals surface area contributed by atoms with E-state index in [2.05, 4.69) is 26.3 Å². The van der Waals surface area contributed by atoms with Gasteiger partial charge in [-0.05, 0) is 44.6 Å². The molecule has 0 aromatic carbocycles. The Balaban J connectivity index is 1.94. The van der Waals surface area contributed by atoms with Crippen LogP contribution in [0.15, 0.2) is 6.07 Å². The van der Waals surface area contributed by atoms with Crippen molar-refractivity contribution in [1.82, 2.24) is 15.1 Å². The quantitative estimate of drug-likeness (QED) is 0.845. The van der Waals surface area contributed by atoms with Gasteiger partial charge in [0.2, 0.25) is 0 Å². The van der Waals surface area contributed by atoms with Gasteiger partial charge in [-0.25, -0.2) is 0 Å². The van der Waals surface area contributed by atoms with Crippen molar-refractivity contribution in [2.45, 2.75) is 39.7 Å². The molecule has 1 aromatic heterocycles. The highest BCUT2D eigenvalue weighted by atomic mass is 79.9. The van der Waals surface area contributed by atoms with Crippen LogP contribution in [0.5, 0.6) is 0 Å². The third-order valence-corrected chi connectivity index (χ3v) is 4.81. The van der Waals surface area contributed by atoms with Crippen LogP contribution in [0.4, 0.5) is 0 Å². The first-order valence-corrected chi connectivity index (χ1v) is 8.16. The predicted molar refractivity (Wildman–Crippen MR) is 79.6 cm³/mol. The summed E-state index contributed by atoms with van der Waals surface area (Å²) in [6.07, 6.45) is 3.78. The maximum absolute atomic E-state index is 12.2. The van der Waals surface area contributed by atoms with E-state index in [0.29, 0.717) is 17.5 Å². The lowest BCUT2D eigenvalue weighted by Crippen LogP contribution is -2.32. The van der Waals surface area contributed by atoms with Crippen LogP contribution < -0.4 is 5.32 Å². The molecule has 2 atom stereocenters. The molecule has 1 aromatic rings. The minimum atomic E-state index is 0.00247. The second-order valence-electron chi connectivity index (χ2n) is 5.30. The Morgan fingerprint density at radius 1 is 1.53 bits per heavy atom. The normalized spacial score (nSPS) is 22.7. The van der Waals surface area contributed by atoms with Crippen LogP contribution in [0, 0.1) is 18.8 Å². The van der Waals surface area contributed by atoms with Crippen LogP contribution in [0.1, 0.15) is 42.4 Å². The number of aryl methyl sites for hydroxylation is 2. The second kappa shape index (κ2) is 6.55. The highest BCUT2D eigenvalue weighted by molar-refractivity contribution is 9.09. The molecule has 1 heterocycles. The summed E-state index contributed by atoms with van der Waals surface area (Å²) in [6.45, 7) is 5.43. The molecule has 2 unspecified atom stereocenters. The Morgan fingerprint density at radius 2 is 2.26 bits per heavy atom. The standard InChI is InChI=1S/C14H22BrN3O/c1-3-18-13(7-10(2)17-18)14(19)16-9-12-6-4-5-11(12)8-15/h7,11-12H,3-6,8-9H2,1-2H3,(H,16,19). The zero-order chi connectivity index (χ0) is 13.8. The zero-order valence-electron chi connectivity index (χ0n) is 11.7. The monoisotopic (exact) mass is 327 g/mol. The zero-order valence-corrected chi connectivity index (χ0v) is 13.2. The number of nitrogens with one attached hydrogen (secondary N) is 1. The third-order valence-electron chi connectivity index (χ3n) is 3.97. The Kier molecular flexibility index (Phi) is 5.02. The smallest absolute Gasteiger partial charge is 0.269 e. The highest BCUT2D eigenvalue weighted by Crippen LogP contribution is 2.32. The van der Waals surface area contributed by atoms with Gasteiger partial charge in [-0.2, -0.15) is 5.10 Å². The van der Waals surface area contributed by atoms with Crippen LogP contribution in [0.3, 0.4) is 0 Å². The lowest BCUT2D eigenvalue weighted by molar-refractivity contribution is 0.0934. The van der Waals surface area contributed by atoms with E-state index in [-0.39, 0.29) is 5.91 Å². The summed E-state index contributed by atoms with van der Waals surface area (Å²) in [5, 5.41) is 8.42. The summed E-state index contributed by atoms with van der Waals surface area (Å²) in [4.78, 5) is 12.2. The first kappa shape index (κ1) is 14.6. The first-order chi connectivity index (χ1) is 9.15. The van der Waals surface area contributed by atoms with E-state index in [1.54, 1.807) is 4.68 Å². The van der Waals surface area contributed by atoms with E-state index in [1.165, 1.54) is 19.3 Å². The van der Waals surface area contributed by atoms with Crippen molar-refractivity contribution < 1.29 is 4.79 Å². The molecule has 4 nitrogen and oxygen atoms in total. The minimum Gasteiger partial charge on any atom is -0.350 e. The molecule has 5 heteroatoms. The Morgan fingerprint density at radius 3 is 2.95 bits per heavy atom. The summed E-state index contributed by atoms with van der Waals surface area (Å²) in [5.41, 5.74) is 1.57. The van der Waals surface area contributed by atoms with E-state index < -0.39 is 0 Å². The molecule has 1 aliphatic carbocycles. The van der Waals surface area contributed by atoms with Crippen molar-refractivity contribution in [3.8, 4) is 0 Å². The number of carbonyl (C=O) groups is 1. The van der Waals surface area contributed by atoms with E-state index >= 15 is 0 Å². The van der Waals surface area contributed by atoms with Crippen LogP contribution in [-0.2, 0) is 6.54 Å². The average molecular weight is 328 g/mol. The van der Waals surface area contributed by atoms with Gasteiger partial charge in [0.15, 0.2) is 0 Å². The molecule has 1 amide bonds. The fraction of sp³-hybridized carbons (Fsp3) is 0.714. The molecule has 0 saturated heterocycles. The van der Waals surface area contributed by atoms with Crippen LogP contribution in [-0.4, -0.2) is 27.6 Å². The van der Waals surface area contributed by atoms with Crippen LogP contribution in [0.25, 0.3) is 0 Å². The summed E-state index contributed by atoms with van der Waals surface area (Å²) in [6, 6.07) is 1.86. The first-order valence-electron chi connectivity index (χ1n) is 7.04. The van der Waals surface area contributed by atoms with Gasteiger partial charge < -0.3 is 5.32 Å². The molecule has 0 aliphatic heterocycles. The summed E-state index contributed by atoms with van der Waals surface area (Å²) >= 11 is 3.57. The Labute approximate surface area is 123 Å². The molecule has 1 saturated carbocycles. The van der Waals surface area contributed by atoms with Gasteiger partial charge >= 0.3 is 0 Å². The van der Waals surface area contributed by atoms with Crippen molar-refractivity contribution in [3.63, 3.8) is 0 Å². The fourth-order valence-electron chi connectivity index (χ4n) is 2.87. The number of alkyl halides is 1. The van der Waals surface area contributed by atoms with Crippen molar-refractivity contribution in [1.29, 1.82) is 0 Å². The lowest BCUT2D eigenvalue weighted by atomic mass is 9.98. The van der Waals surface area contributed by atoms with E-state index in [0.717, 1.165) is 24.1 Å². The van der Waals surface area contributed by atoms with Crippen LogP contribution in [0.2, 0.25) is 0 Å². The lowest BCUT2D eigenvalue weighted by Gasteiger charge is -2.17. The summed E-state index contributed by atoms with van der Waals surface area (Å²) < 4.78 is 1.77. The number of aromatic nitrogens is 2. The summed E-state index contributed by atoms with van der Waals surface area (Å²) in [7, 11) is 0. The number of halogens is 1. The number of nitrogens with zero attached hydrogens (tertiary/aromatic N) is 2. The van der Waals surface area contributed by atoms with Crippen molar-refractivity contribution in [3.05, 3.63) is 17.5 Å². The van der Waals surface area contributed by atoms with Gasteiger partial charge in [0, 0.05) is 18.4 Å². The minimum absolute atomic E-state index is 0.00247. The largest absolute Gasteiger partial charge is 0.350 e. The van der Waals surface area contributed by atoms with Gasteiger partial charge in [-0.15, -0.1) is 0 Å². The maximum Gasteiger partial charge on any atom is 0.269 e. The molecule has 2 rings (SSSR count). The van der Waals surface area contributed by atoms with Crippen molar-refractivity contribution in [2.75, 3.05) is 11.9 Å². The molecular weight excluding hydrogens is 306 g/mol. The molecule has 1 aliphatic rings. The Bertz CT molecular complexity index is 444. The fourth-order valence-corrected chi connectivity index (χ4v) is 3.72. The van der Waals surface area contributed by atoms with Gasteiger partial charge in [-0.3, -0.25) is 9.48 Å². The second-order valence-corrected chi connectivity index (χ2v) is 5.95. The molecular formula is C14H22BrN3O. The van der Waals surface area contributed by atoms with E-state index in [1.807, 2.05) is 19.9 Å².